The van der Waals surface area contributed by atoms with Gasteiger partial charge in [0.25, 0.3) is 5.91 Å². The number of hydrogen-bond acceptors (Lipinski definition) is 5. The molecule has 2 heterocycles. The number of hydrogen-bond donors (Lipinski definition) is 0. The van der Waals surface area contributed by atoms with Gasteiger partial charge in [0.2, 0.25) is 9.84 Å². The topological polar surface area (TPSA) is 72.9 Å². The van der Waals surface area contributed by atoms with Gasteiger partial charge < -0.3 is 14.4 Å². The van der Waals surface area contributed by atoms with Crippen LogP contribution in [0.3, 0.4) is 0 Å². The first-order valence-corrected chi connectivity index (χ1v) is 13.1. The van der Waals surface area contributed by atoms with Crippen LogP contribution in [0.5, 0.6) is 0 Å². The molecule has 0 radical (unpaired) electrons. The summed E-state index contributed by atoms with van der Waals surface area (Å²) in [5.41, 5.74) is 0.631. The lowest BCUT2D eigenvalue weighted by Gasteiger charge is -2.48. The van der Waals surface area contributed by atoms with Crippen LogP contribution in [0.1, 0.15) is 54.6 Å². The van der Waals surface area contributed by atoms with Crippen LogP contribution in [0.25, 0.3) is 0 Å². The van der Waals surface area contributed by atoms with E-state index in [0.717, 1.165) is 17.7 Å². The molecule has 1 spiro atoms. The van der Waals surface area contributed by atoms with Gasteiger partial charge in [0.1, 0.15) is 5.82 Å². The van der Waals surface area contributed by atoms with Crippen LogP contribution in [0.2, 0.25) is 0 Å². The van der Waals surface area contributed by atoms with E-state index < -0.39 is 26.1 Å². The number of ether oxygens (including phenoxy) is 2. The van der Waals surface area contributed by atoms with Crippen molar-refractivity contribution < 1.29 is 35.9 Å². The molecular weight excluding hydrogens is 483 g/mol. The first-order chi connectivity index (χ1) is 16.6. The third-order valence-corrected chi connectivity index (χ3v) is 8.14. The second-order valence-corrected chi connectivity index (χ2v) is 10.9. The van der Waals surface area contributed by atoms with E-state index in [2.05, 4.69) is 0 Å². The predicted octanol–water partition coefficient (Wildman–Crippen LogP) is 4.75. The number of nitrogens with zero attached hydrogens (tertiary/aromatic N) is 1. The summed E-state index contributed by atoms with van der Waals surface area (Å²) in [6.45, 7) is 3.35. The summed E-state index contributed by atoms with van der Waals surface area (Å²) in [6.07, 6.45) is 2.26. The molecule has 2 aromatic carbocycles. The van der Waals surface area contributed by atoms with Gasteiger partial charge in [0.05, 0.1) is 22.7 Å². The lowest BCUT2D eigenvalue weighted by atomic mass is 9.80. The standard InChI is InChI=1S/C25H28F3NO5S/c1-2-33-20-15-22(17-3-7-19(26)8-4-17)34-25(16-20)11-13-29(14-12-25)23(30)18-5-9-21(10-6-18)35(31,32)24(27)28/h3-10,20,22,24H,2,11-16H2,1H3. The zero-order valence-corrected chi connectivity index (χ0v) is 20.1. The third kappa shape index (κ3) is 5.54. The predicted molar refractivity (Wildman–Crippen MR) is 122 cm³/mol. The smallest absolute Gasteiger partial charge is 0.341 e. The number of rotatable bonds is 6. The van der Waals surface area contributed by atoms with Crippen molar-refractivity contribution in [1.29, 1.82) is 0 Å². The molecule has 2 aliphatic heterocycles. The normalized spacial score (nSPS) is 22.5. The Morgan fingerprint density at radius 2 is 1.74 bits per heavy atom. The van der Waals surface area contributed by atoms with Crippen LogP contribution in [-0.4, -0.2) is 56.4 Å². The van der Waals surface area contributed by atoms with Crippen molar-refractivity contribution in [2.45, 2.75) is 61.1 Å². The molecule has 2 aromatic rings. The highest BCUT2D eigenvalue weighted by molar-refractivity contribution is 7.91. The molecule has 0 saturated carbocycles. The van der Waals surface area contributed by atoms with Gasteiger partial charge in [-0.3, -0.25) is 4.79 Å². The van der Waals surface area contributed by atoms with Crippen LogP contribution in [0, 0.1) is 5.82 Å². The maximum absolute atomic E-state index is 13.4. The minimum atomic E-state index is -4.71. The first kappa shape index (κ1) is 25.7. The number of amides is 1. The molecule has 0 bridgehead atoms. The van der Waals surface area contributed by atoms with Crippen molar-refractivity contribution in [2.75, 3.05) is 19.7 Å². The Bertz CT molecular complexity index is 1130. The molecule has 10 heteroatoms. The highest BCUT2D eigenvalue weighted by Crippen LogP contribution is 2.44. The van der Waals surface area contributed by atoms with Crippen LogP contribution in [0.4, 0.5) is 13.2 Å². The molecule has 4 rings (SSSR count). The fraction of sp³-hybridized carbons (Fsp3) is 0.480. The van der Waals surface area contributed by atoms with Crippen molar-refractivity contribution in [3.8, 4) is 0 Å². The minimum Gasteiger partial charge on any atom is -0.378 e. The molecule has 2 fully saturated rings. The maximum Gasteiger partial charge on any atom is 0.341 e. The molecule has 2 atom stereocenters. The summed E-state index contributed by atoms with van der Waals surface area (Å²) >= 11 is 0. The van der Waals surface area contributed by atoms with E-state index in [-0.39, 0.29) is 29.5 Å². The number of benzene rings is 2. The van der Waals surface area contributed by atoms with Crippen molar-refractivity contribution in [2.24, 2.45) is 0 Å². The van der Waals surface area contributed by atoms with Crippen molar-refractivity contribution in [1.82, 2.24) is 4.90 Å². The summed E-state index contributed by atoms with van der Waals surface area (Å²) in [5.74, 6) is -4.13. The number of sulfone groups is 1. The molecule has 0 N–H and O–H groups in total. The molecule has 0 aromatic heterocycles. The van der Waals surface area contributed by atoms with Crippen LogP contribution < -0.4 is 0 Å². The van der Waals surface area contributed by atoms with E-state index in [1.54, 1.807) is 17.0 Å². The van der Waals surface area contributed by atoms with Gasteiger partial charge >= 0.3 is 5.76 Å². The monoisotopic (exact) mass is 511 g/mol. The summed E-state index contributed by atoms with van der Waals surface area (Å²) < 4.78 is 74.6. The van der Waals surface area contributed by atoms with Gasteiger partial charge in [-0.15, -0.1) is 0 Å². The van der Waals surface area contributed by atoms with E-state index in [4.69, 9.17) is 9.47 Å². The van der Waals surface area contributed by atoms with Crippen molar-refractivity contribution >= 4 is 15.7 Å². The lowest BCUT2D eigenvalue weighted by Crippen LogP contribution is -2.52. The average Bonchev–Trinajstić information content (AvgIpc) is 2.84. The SMILES string of the molecule is CCOC1CC(c2ccc(F)cc2)OC2(CCN(C(=O)c3ccc(S(=O)(=O)C(F)F)cc3)CC2)C1. The van der Waals surface area contributed by atoms with Crippen LogP contribution in [-0.2, 0) is 19.3 Å². The van der Waals surface area contributed by atoms with Crippen molar-refractivity contribution in [3.05, 3.63) is 65.5 Å². The van der Waals surface area contributed by atoms with Gasteiger partial charge in [-0.2, -0.15) is 8.78 Å². The highest BCUT2D eigenvalue weighted by Gasteiger charge is 2.45. The minimum absolute atomic E-state index is 0.0182. The van der Waals surface area contributed by atoms with Gasteiger partial charge in [-0.1, -0.05) is 12.1 Å². The number of alkyl halides is 2. The Kier molecular flexibility index (Phi) is 7.54. The molecule has 2 aliphatic rings. The van der Waals surface area contributed by atoms with E-state index in [9.17, 15) is 26.4 Å². The molecule has 6 nitrogen and oxygen atoms in total. The number of carbonyl (C=O) groups excluding carboxylic acids is 1. The quantitative estimate of drug-likeness (QED) is 0.560. The van der Waals surface area contributed by atoms with E-state index in [1.807, 2.05) is 6.92 Å². The number of halogens is 3. The number of piperidine rings is 1. The molecular formula is C25H28F3NO5S. The van der Waals surface area contributed by atoms with Crippen LogP contribution >= 0.6 is 0 Å². The molecule has 35 heavy (non-hydrogen) atoms. The fourth-order valence-electron chi connectivity index (χ4n) is 4.89. The lowest BCUT2D eigenvalue weighted by molar-refractivity contribution is -0.190. The zero-order chi connectivity index (χ0) is 25.2. The summed E-state index contributed by atoms with van der Waals surface area (Å²) in [5, 5.41) is 0. The molecule has 0 aliphatic carbocycles. The Hall–Kier alpha value is -2.43. The maximum atomic E-state index is 13.4. The molecule has 2 saturated heterocycles. The Balaban J connectivity index is 1.45. The van der Waals surface area contributed by atoms with E-state index >= 15 is 0 Å². The summed E-state index contributed by atoms with van der Waals surface area (Å²) in [6, 6.07) is 10.8. The van der Waals surface area contributed by atoms with Crippen LogP contribution in [0.15, 0.2) is 53.4 Å². The molecule has 190 valence electrons. The molecule has 1 amide bonds. The third-order valence-electron chi connectivity index (χ3n) is 6.74. The number of likely N-dealkylation sites (tertiary alicyclic amines) is 1. The summed E-state index contributed by atoms with van der Waals surface area (Å²) in [4.78, 5) is 14.1. The second-order valence-electron chi connectivity index (χ2n) is 8.98. The first-order valence-electron chi connectivity index (χ1n) is 11.6. The summed E-state index contributed by atoms with van der Waals surface area (Å²) in [7, 11) is -4.71. The second kappa shape index (κ2) is 10.3. The van der Waals surface area contributed by atoms with Gasteiger partial charge in [0, 0.05) is 38.1 Å². The Morgan fingerprint density at radius 3 is 2.31 bits per heavy atom. The average molecular weight is 512 g/mol. The van der Waals surface area contributed by atoms with Gasteiger partial charge in [-0.25, -0.2) is 12.8 Å². The van der Waals surface area contributed by atoms with Gasteiger partial charge in [-0.05, 0) is 61.7 Å². The zero-order valence-electron chi connectivity index (χ0n) is 19.3. The Labute approximate surface area is 202 Å². The Morgan fingerprint density at radius 1 is 1.11 bits per heavy atom. The largest absolute Gasteiger partial charge is 0.378 e. The van der Waals surface area contributed by atoms with E-state index in [1.165, 1.54) is 24.3 Å². The highest BCUT2D eigenvalue weighted by atomic mass is 32.2. The molecule has 2 unspecified atom stereocenters. The van der Waals surface area contributed by atoms with E-state index in [0.29, 0.717) is 45.4 Å². The number of carbonyl (C=O) groups is 1. The van der Waals surface area contributed by atoms with Gasteiger partial charge in [0.15, 0.2) is 0 Å². The fourth-order valence-corrected chi connectivity index (χ4v) is 5.61. The van der Waals surface area contributed by atoms with Crippen molar-refractivity contribution in [3.63, 3.8) is 0 Å².